The molecule has 0 atom stereocenters. The van der Waals surface area contributed by atoms with E-state index >= 15 is 0 Å². The second kappa shape index (κ2) is 4.18. The van der Waals surface area contributed by atoms with E-state index in [1.54, 1.807) is 18.6 Å². The van der Waals surface area contributed by atoms with Gasteiger partial charge in [0.15, 0.2) is 0 Å². The lowest BCUT2D eigenvalue weighted by molar-refractivity contribution is 0.528. The van der Waals surface area contributed by atoms with Crippen LogP contribution in [-0.2, 0) is 0 Å². The molecule has 0 spiro atoms. The molecule has 0 fully saturated rings. The molecular formula is C9H16N4. The molecule has 4 nitrogen and oxygen atoms in total. The second-order valence-electron chi connectivity index (χ2n) is 3.63. The van der Waals surface area contributed by atoms with Crippen LogP contribution in [0.3, 0.4) is 0 Å². The summed E-state index contributed by atoms with van der Waals surface area (Å²) >= 11 is 0. The minimum absolute atomic E-state index is 0.00914. The highest BCUT2D eigenvalue weighted by Gasteiger charge is 2.16. The summed E-state index contributed by atoms with van der Waals surface area (Å²) in [6.07, 6.45) is 5.06. The summed E-state index contributed by atoms with van der Waals surface area (Å²) in [6.45, 7) is 5.10. The molecule has 1 aromatic rings. The van der Waals surface area contributed by atoms with Crippen LogP contribution >= 0.6 is 0 Å². The van der Waals surface area contributed by atoms with Gasteiger partial charge in [-0.1, -0.05) is 0 Å². The van der Waals surface area contributed by atoms with Crippen molar-refractivity contribution in [3.05, 3.63) is 18.6 Å². The SMILES string of the molecule is CNCC(C)(C)Nc1cnccn1. The summed E-state index contributed by atoms with van der Waals surface area (Å²) < 4.78 is 0. The van der Waals surface area contributed by atoms with Gasteiger partial charge in [-0.2, -0.15) is 0 Å². The maximum Gasteiger partial charge on any atom is 0.144 e. The second-order valence-corrected chi connectivity index (χ2v) is 3.63. The number of nitrogens with zero attached hydrogens (tertiary/aromatic N) is 2. The Hall–Kier alpha value is -1.16. The van der Waals surface area contributed by atoms with Crippen LogP contribution in [0.5, 0.6) is 0 Å². The molecule has 4 heteroatoms. The average molecular weight is 180 g/mol. The summed E-state index contributed by atoms with van der Waals surface area (Å²) in [6, 6.07) is 0. The number of rotatable bonds is 4. The molecule has 0 amide bonds. The number of anilines is 1. The fourth-order valence-electron chi connectivity index (χ4n) is 1.20. The van der Waals surface area contributed by atoms with E-state index in [0.29, 0.717) is 0 Å². The van der Waals surface area contributed by atoms with Crippen molar-refractivity contribution in [1.82, 2.24) is 15.3 Å². The van der Waals surface area contributed by atoms with Gasteiger partial charge in [0.25, 0.3) is 0 Å². The molecule has 0 radical (unpaired) electrons. The lowest BCUT2D eigenvalue weighted by Gasteiger charge is -2.26. The normalized spacial score (nSPS) is 11.3. The van der Waals surface area contributed by atoms with Crippen molar-refractivity contribution in [3.63, 3.8) is 0 Å². The van der Waals surface area contributed by atoms with E-state index in [-0.39, 0.29) is 5.54 Å². The van der Waals surface area contributed by atoms with Gasteiger partial charge in [0.1, 0.15) is 5.82 Å². The fraction of sp³-hybridized carbons (Fsp3) is 0.556. The zero-order chi connectivity index (χ0) is 9.73. The lowest BCUT2D eigenvalue weighted by atomic mass is 10.1. The molecule has 0 saturated heterocycles. The van der Waals surface area contributed by atoms with Crippen molar-refractivity contribution in [2.75, 3.05) is 18.9 Å². The maximum atomic E-state index is 4.14. The quantitative estimate of drug-likeness (QED) is 0.722. The monoisotopic (exact) mass is 180 g/mol. The summed E-state index contributed by atoms with van der Waals surface area (Å²) in [4.78, 5) is 8.13. The van der Waals surface area contributed by atoms with Crippen LogP contribution in [0.25, 0.3) is 0 Å². The highest BCUT2D eigenvalue weighted by molar-refractivity contribution is 5.33. The van der Waals surface area contributed by atoms with Crippen molar-refractivity contribution in [1.29, 1.82) is 0 Å². The summed E-state index contributed by atoms with van der Waals surface area (Å²) in [5.41, 5.74) is -0.00914. The van der Waals surface area contributed by atoms with E-state index in [0.717, 1.165) is 12.4 Å². The Morgan fingerprint density at radius 3 is 2.69 bits per heavy atom. The standard InChI is InChI=1S/C9H16N4/c1-9(2,7-10-3)13-8-6-11-4-5-12-8/h4-6,10H,7H2,1-3H3,(H,12,13). The molecule has 2 N–H and O–H groups in total. The smallest absolute Gasteiger partial charge is 0.144 e. The third-order valence-electron chi connectivity index (χ3n) is 1.65. The molecule has 1 rings (SSSR count). The molecule has 0 aliphatic carbocycles. The third kappa shape index (κ3) is 3.38. The Labute approximate surface area is 78.8 Å². The van der Waals surface area contributed by atoms with Crippen molar-refractivity contribution < 1.29 is 0 Å². The van der Waals surface area contributed by atoms with E-state index in [1.807, 2.05) is 7.05 Å². The van der Waals surface area contributed by atoms with Gasteiger partial charge in [0.05, 0.1) is 6.20 Å². The zero-order valence-electron chi connectivity index (χ0n) is 8.33. The van der Waals surface area contributed by atoms with Gasteiger partial charge in [-0.3, -0.25) is 4.98 Å². The molecule has 0 aliphatic heterocycles. The first-order valence-electron chi connectivity index (χ1n) is 4.33. The van der Waals surface area contributed by atoms with E-state index in [9.17, 15) is 0 Å². The minimum Gasteiger partial charge on any atom is -0.363 e. The zero-order valence-corrected chi connectivity index (χ0v) is 8.33. The van der Waals surface area contributed by atoms with Gasteiger partial charge >= 0.3 is 0 Å². The summed E-state index contributed by atoms with van der Waals surface area (Å²) in [7, 11) is 1.93. The van der Waals surface area contributed by atoms with Crippen molar-refractivity contribution in [2.24, 2.45) is 0 Å². The van der Waals surface area contributed by atoms with Crippen molar-refractivity contribution >= 4 is 5.82 Å². The van der Waals surface area contributed by atoms with Gasteiger partial charge in [-0.05, 0) is 20.9 Å². The molecular weight excluding hydrogens is 164 g/mol. The maximum absolute atomic E-state index is 4.14. The highest BCUT2D eigenvalue weighted by atomic mass is 15.1. The minimum atomic E-state index is -0.00914. The predicted octanol–water partition coefficient (Wildman–Crippen LogP) is 0.886. The van der Waals surface area contributed by atoms with E-state index in [4.69, 9.17) is 0 Å². The molecule has 1 heterocycles. The number of aromatic nitrogens is 2. The van der Waals surface area contributed by atoms with E-state index in [2.05, 4.69) is 34.4 Å². The molecule has 0 aliphatic rings. The Morgan fingerprint density at radius 1 is 1.38 bits per heavy atom. The van der Waals surface area contributed by atoms with Gasteiger partial charge in [0.2, 0.25) is 0 Å². The van der Waals surface area contributed by atoms with Crippen LogP contribution in [-0.4, -0.2) is 29.1 Å². The van der Waals surface area contributed by atoms with Crippen LogP contribution in [0.1, 0.15) is 13.8 Å². The average Bonchev–Trinajstić information content (AvgIpc) is 2.04. The molecule has 0 aromatic carbocycles. The van der Waals surface area contributed by atoms with Crippen LogP contribution in [0.2, 0.25) is 0 Å². The number of likely N-dealkylation sites (N-methyl/N-ethyl adjacent to an activating group) is 1. The topological polar surface area (TPSA) is 49.8 Å². The van der Waals surface area contributed by atoms with E-state index < -0.39 is 0 Å². The van der Waals surface area contributed by atoms with Gasteiger partial charge in [-0.25, -0.2) is 4.98 Å². The first kappa shape index (κ1) is 9.92. The third-order valence-corrected chi connectivity index (χ3v) is 1.65. The highest BCUT2D eigenvalue weighted by Crippen LogP contribution is 2.09. The Morgan fingerprint density at radius 2 is 2.15 bits per heavy atom. The number of hydrogen-bond donors (Lipinski definition) is 2. The van der Waals surface area contributed by atoms with Crippen LogP contribution < -0.4 is 10.6 Å². The Kier molecular flexibility index (Phi) is 3.19. The van der Waals surface area contributed by atoms with Crippen LogP contribution in [0, 0.1) is 0 Å². The molecule has 1 aromatic heterocycles. The Balaban J connectivity index is 2.58. The molecule has 13 heavy (non-hydrogen) atoms. The van der Waals surface area contributed by atoms with Gasteiger partial charge < -0.3 is 10.6 Å². The molecule has 0 bridgehead atoms. The van der Waals surface area contributed by atoms with Crippen LogP contribution in [0.15, 0.2) is 18.6 Å². The molecule has 0 saturated carbocycles. The van der Waals surface area contributed by atoms with Crippen molar-refractivity contribution in [3.8, 4) is 0 Å². The lowest BCUT2D eigenvalue weighted by Crippen LogP contribution is -2.40. The van der Waals surface area contributed by atoms with E-state index in [1.165, 1.54) is 0 Å². The first-order valence-corrected chi connectivity index (χ1v) is 4.33. The largest absolute Gasteiger partial charge is 0.363 e. The van der Waals surface area contributed by atoms with Gasteiger partial charge in [0, 0.05) is 24.5 Å². The van der Waals surface area contributed by atoms with Gasteiger partial charge in [-0.15, -0.1) is 0 Å². The molecule has 0 unspecified atom stereocenters. The van der Waals surface area contributed by atoms with Crippen molar-refractivity contribution in [2.45, 2.75) is 19.4 Å². The van der Waals surface area contributed by atoms with Crippen LogP contribution in [0.4, 0.5) is 5.82 Å². The Bertz CT molecular complexity index is 245. The number of hydrogen-bond acceptors (Lipinski definition) is 4. The first-order chi connectivity index (χ1) is 6.14. The predicted molar refractivity (Wildman–Crippen MR) is 53.7 cm³/mol. The number of nitrogens with one attached hydrogen (secondary N) is 2. The molecule has 72 valence electrons. The summed E-state index contributed by atoms with van der Waals surface area (Å²) in [5.74, 6) is 0.808. The summed E-state index contributed by atoms with van der Waals surface area (Å²) in [5, 5.41) is 6.40. The fourth-order valence-corrected chi connectivity index (χ4v) is 1.20.